The van der Waals surface area contributed by atoms with E-state index in [1.807, 2.05) is 0 Å². The number of hydrogen-bond donors (Lipinski definition) is 0. The van der Waals surface area contributed by atoms with Crippen LogP contribution in [-0.2, 0) is 14.3 Å². The first-order chi connectivity index (χ1) is 4.95. The molecule has 0 aliphatic rings. The summed E-state index contributed by atoms with van der Waals surface area (Å²) in [5.41, 5.74) is -0.444. The van der Waals surface area contributed by atoms with Gasteiger partial charge in [-0.25, -0.2) is 0 Å². The number of ether oxygens (including phenoxy) is 1. The minimum Gasteiger partial charge on any atom is -0.460 e. The van der Waals surface area contributed by atoms with E-state index >= 15 is 0 Å². The third-order valence-electron chi connectivity index (χ3n) is 0.886. The molecule has 0 amide bonds. The van der Waals surface area contributed by atoms with Crippen molar-refractivity contribution in [3.63, 3.8) is 0 Å². The van der Waals surface area contributed by atoms with Crippen LogP contribution in [0.15, 0.2) is 0 Å². The Labute approximate surface area is 78.9 Å². The summed E-state index contributed by atoms with van der Waals surface area (Å²) in [6.07, 6.45) is 1.14. The lowest BCUT2D eigenvalue weighted by Gasteiger charge is -2.18. The molecule has 0 aromatic heterocycles. The summed E-state index contributed by atoms with van der Waals surface area (Å²) in [6, 6.07) is 0. The van der Waals surface area contributed by atoms with Gasteiger partial charge in [-0.15, -0.1) is 12.4 Å². The van der Waals surface area contributed by atoms with Gasteiger partial charge in [0.25, 0.3) is 0 Å². The maximum Gasteiger partial charge on any atom is 0.306 e. The highest BCUT2D eigenvalue weighted by Crippen LogP contribution is 2.08. The van der Waals surface area contributed by atoms with Crippen molar-refractivity contribution < 1.29 is 14.3 Å². The molecule has 0 rings (SSSR count). The maximum absolute atomic E-state index is 10.8. The van der Waals surface area contributed by atoms with Crippen molar-refractivity contribution in [1.82, 2.24) is 0 Å². The molecule has 0 N–H and O–H groups in total. The zero-order chi connectivity index (χ0) is 8.91. The highest BCUT2D eigenvalue weighted by Gasteiger charge is 2.15. The Balaban J connectivity index is 0. The van der Waals surface area contributed by atoms with Gasteiger partial charge in [-0.05, 0) is 20.8 Å². The fraction of sp³-hybridized carbons (Fsp3) is 0.750. The Morgan fingerprint density at radius 3 is 2.25 bits per heavy atom. The second kappa shape index (κ2) is 6.00. The first-order valence-electron chi connectivity index (χ1n) is 3.61. The van der Waals surface area contributed by atoms with Crippen LogP contribution in [0, 0.1) is 0 Å². The molecular formula is C8H15ClO3. The van der Waals surface area contributed by atoms with Crippen molar-refractivity contribution in [2.75, 3.05) is 0 Å². The van der Waals surface area contributed by atoms with Gasteiger partial charge in [0, 0.05) is 6.42 Å². The molecule has 0 aromatic rings. The molecule has 3 nitrogen and oxygen atoms in total. The van der Waals surface area contributed by atoms with E-state index in [-0.39, 0.29) is 31.2 Å². The number of carbonyl (C=O) groups is 2. The third-order valence-corrected chi connectivity index (χ3v) is 0.886. The van der Waals surface area contributed by atoms with Crippen molar-refractivity contribution >= 4 is 24.7 Å². The zero-order valence-electron chi connectivity index (χ0n) is 7.62. The predicted octanol–water partition coefficient (Wildman–Crippen LogP) is 1.73. The quantitative estimate of drug-likeness (QED) is 0.508. The molecule has 0 saturated carbocycles. The van der Waals surface area contributed by atoms with Gasteiger partial charge in [-0.2, -0.15) is 0 Å². The van der Waals surface area contributed by atoms with E-state index < -0.39 is 5.60 Å². The number of hydrogen-bond acceptors (Lipinski definition) is 3. The summed E-state index contributed by atoms with van der Waals surface area (Å²) in [6.45, 7) is 5.39. The third kappa shape index (κ3) is 9.43. The number of esters is 1. The van der Waals surface area contributed by atoms with Crippen molar-refractivity contribution in [1.29, 1.82) is 0 Å². The van der Waals surface area contributed by atoms with Crippen molar-refractivity contribution in [3.8, 4) is 0 Å². The van der Waals surface area contributed by atoms with Gasteiger partial charge in [-0.1, -0.05) is 0 Å². The second-order valence-electron chi connectivity index (χ2n) is 3.29. The van der Waals surface area contributed by atoms with Crippen LogP contribution in [-0.4, -0.2) is 17.9 Å². The Morgan fingerprint density at radius 2 is 1.92 bits per heavy atom. The molecule has 0 bridgehead atoms. The standard InChI is InChI=1S/C8H14O3.ClH/c1-8(2,3)11-7(10)5-4-6-9;/h6H,4-5H2,1-3H3;1H. The Bertz CT molecular complexity index is 149. The largest absolute Gasteiger partial charge is 0.460 e. The van der Waals surface area contributed by atoms with Crippen LogP contribution in [0.1, 0.15) is 33.6 Å². The summed E-state index contributed by atoms with van der Waals surface area (Å²) in [4.78, 5) is 20.7. The summed E-state index contributed by atoms with van der Waals surface area (Å²) in [5, 5.41) is 0. The second-order valence-corrected chi connectivity index (χ2v) is 3.29. The lowest BCUT2D eigenvalue weighted by molar-refractivity contribution is -0.155. The molecule has 0 aliphatic heterocycles. The van der Waals surface area contributed by atoms with Crippen molar-refractivity contribution in [2.45, 2.75) is 39.2 Å². The number of rotatable bonds is 3. The van der Waals surface area contributed by atoms with Gasteiger partial charge >= 0.3 is 5.97 Å². The lowest BCUT2D eigenvalue weighted by Crippen LogP contribution is -2.23. The van der Waals surface area contributed by atoms with Crippen LogP contribution in [0.2, 0.25) is 0 Å². The Morgan fingerprint density at radius 1 is 1.42 bits per heavy atom. The van der Waals surface area contributed by atoms with E-state index in [0.717, 1.165) is 0 Å². The zero-order valence-corrected chi connectivity index (χ0v) is 8.44. The molecule has 0 fully saturated rings. The van der Waals surface area contributed by atoms with Gasteiger partial charge in [0.1, 0.15) is 11.9 Å². The molecule has 0 radical (unpaired) electrons. The minimum atomic E-state index is -0.444. The lowest BCUT2D eigenvalue weighted by atomic mass is 10.2. The molecule has 72 valence electrons. The highest BCUT2D eigenvalue weighted by atomic mass is 35.5. The minimum absolute atomic E-state index is 0. The molecule has 0 atom stereocenters. The molecule has 0 heterocycles. The monoisotopic (exact) mass is 194 g/mol. The van der Waals surface area contributed by atoms with Crippen molar-refractivity contribution in [2.24, 2.45) is 0 Å². The van der Waals surface area contributed by atoms with E-state index in [9.17, 15) is 9.59 Å². The van der Waals surface area contributed by atoms with E-state index in [4.69, 9.17) is 4.74 Å². The molecule has 0 unspecified atom stereocenters. The van der Waals surface area contributed by atoms with E-state index in [0.29, 0.717) is 6.29 Å². The van der Waals surface area contributed by atoms with Crippen LogP contribution in [0.3, 0.4) is 0 Å². The van der Waals surface area contributed by atoms with E-state index in [1.165, 1.54) is 0 Å². The molecule has 0 saturated heterocycles. The smallest absolute Gasteiger partial charge is 0.306 e. The van der Waals surface area contributed by atoms with Crippen LogP contribution >= 0.6 is 12.4 Å². The summed E-state index contributed by atoms with van der Waals surface area (Å²) >= 11 is 0. The van der Waals surface area contributed by atoms with Crippen LogP contribution < -0.4 is 0 Å². The topological polar surface area (TPSA) is 43.4 Å². The van der Waals surface area contributed by atoms with Crippen LogP contribution in [0.25, 0.3) is 0 Å². The molecule has 0 aromatic carbocycles. The summed E-state index contributed by atoms with van der Waals surface area (Å²) in [5.74, 6) is -0.315. The van der Waals surface area contributed by atoms with E-state index in [1.54, 1.807) is 20.8 Å². The van der Waals surface area contributed by atoms with Crippen molar-refractivity contribution in [3.05, 3.63) is 0 Å². The summed E-state index contributed by atoms with van der Waals surface area (Å²) < 4.78 is 4.94. The predicted molar refractivity (Wildman–Crippen MR) is 48.4 cm³/mol. The summed E-state index contributed by atoms with van der Waals surface area (Å²) in [7, 11) is 0. The molecule has 0 aliphatic carbocycles. The SMILES string of the molecule is CC(C)(C)OC(=O)CCC=O.Cl. The maximum atomic E-state index is 10.8. The van der Waals surface area contributed by atoms with Gasteiger partial charge in [0.15, 0.2) is 0 Å². The fourth-order valence-electron chi connectivity index (χ4n) is 0.569. The molecular weight excluding hydrogens is 180 g/mol. The molecule has 0 spiro atoms. The van der Waals surface area contributed by atoms with Gasteiger partial charge < -0.3 is 9.53 Å². The average Bonchev–Trinajstić information content (AvgIpc) is 1.79. The number of halogens is 1. The van der Waals surface area contributed by atoms with Gasteiger partial charge in [0.2, 0.25) is 0 Å². The molecule has 4 heteroatoms. The first-order valence-corrected chi connectivity index (χ1v) is 3.61. The fourth-order valence-corrected chi connectivity index (χ4v) is 0.569. The van der Waals surface area contributed by atoms with E-state index in [2.05, 4.69) is 0 Å². The van der Waals surface area contributed by atoms with Crippen LogP contribution in [0.5, 0.6) is 0 Å². The number of aldehydes is 1. The van der Waals surface area contributed by atoms with Crippen LogP contribution in [0.4, 0.5) is 0 Å². The van der Waals surface area contributed by atoms with Gasteiger partial charge in [0.05, 0.1) is 6.42 Å². The normalized spacial score (nSPS) is 9.92. The Kier molecular flexibility index (Phi) is 6.99. The molecule has 12 heavy (non-hydrogen) atoms. The Hall–Kier alpha value is -0.570. The van der Waals surface area contributed by atoms with Gasteiger partial charge in [-0.3, -0.25) is 4.79 Å². The number of carbonyl (C=O) groups excluding carboxylic acids is 2. The highest BCUT2D eigenvalue weighted by molar-refractivity contribution is 5.85. The first kappa shape index (κ1) is 14.0. The average molecular weight is 195 g/mol.